The van der Waals surface area contributed by atoms with Gasteiger partial charge in [-0.1, -0.05) is 88.3 Å². The maximum absolute atomic E-state index is 12.7. The standard InChI is InChI=1S/C26H34O4/c1-2-3-4-5-6-7-8-12-16-22(27)19-24(29)26-23(28)17-13-18-25(26)30-20-21-14-10-9-11-15-21/h9-11,13-15,17-18,28H,2-8,12,16,19-20H2,1H3. The van der Waals surface area contributed by atoms with Gasteiger partial charge in [0.1, 0.15) is 29.5 Å². The molecule has 0 fully saturated rings. The molecule has 2 rings (SSSR count). The molecule has 0 radical (unpaired) electrons. The number of phenolic OH excluding ortho intramolecular Hbond substituents is 1. The van der Waals surface area contributed by atoms with Crippen molar-refractivity contribution in [3.8, 4) is 11.5 Å². The Balaban J connectivity index is 1.80. The lowest BCUT2D eigenvalue weighted by atomic mass is 10.0. The predicted octanol–water partition coefficient (Wildman–Crippen LogP) is 6.64. The number of benzene rings is 2. The molecular formula is C26H34O4. The molecule has 4 nitrogen and oxygen atoms in total. The number of hydrogen-bond donors (Lipinski definition) is 1. The smallest absolute Gasteiger partial charge is 0.177 e. The highest BCUT2D eigenvalue weighted by atomic mass is 16.5. The number of carbonyl (C=O) groups excluding carboxylic acids is 2. The number of ether oxygens (including phenoxy) is 1. The van der Waals surface area contributed by atoms with E-state index in [4.69, 9.17) is 4.74 Å². The Morgan fingerprint density at radius 3 is 2.20 bits per heavy atom. The molecule has 0 spiro atoms. The van der Waals surface area contributed by atoms with E-state index in [2.05, 4.69) is 6.92 Å². The summed E-state index contributed by atoms with van der Waals surface area (Å²) in [6, 6.07) is 14.3. The number of aromatic hydroxyl groups is 1. The highest BCUT2D eigenvalue weighted by molar-refractivity contribution is 6.10. The molecule has 0 saturated carbocycles. The van der Waals surface area contributed by atoms with Crippen LogP contribution in [0.3, 0.4) is 0 Å². The summed E-state index contributed by atoms with van der Waals surface area (Å²) in [6.45, 7) is 2.50. The summed E-state index contributed by atoms with van der Waals surface area (Å²) in [7, 11) is 0. The van der Waals surface area contributed by atoms with Gasteiger partial charge in [-0.05, 0) is 24.1 Å². The second kappa shape index (κ2) is 13.6. The lowest BCUT2D eigenvalue weighted by Gasteiger charge is -2.12. The molecule has 0 aliphatic rings. The number of phenols is 1. The molecule has 2 aromatic carbocycles. The van der Waals surface area contributed by atoms with Crippen LogP contribution in [-0.4, -0.2) is 16.7 Å². The molecule has 0 bridgehead atoms. The maximum Gasteiger partial charge on any atom is 0.177 e. The van der Waals surface area contributed by atoms with Gasteiger partial charge in [-0.15, -0.1) is 0 Å². The van der Waals surface area contributed by atoms with Crippen molar-refractivity contribution >= 4 is 11.6 Å². The van der Waals surface area contributed by atoms with Gasteiger partial charge in [-0.25, -0.2) is 0 Å². The van der Waals surface area contributed by atoms with Crippen LogP contribution in [0.2, 0.25) is 0 Å². The molecule has 162 valence electrons. The summed E-state index contributed by atoms with van der Waals surface area (Å²) in [5.41, 5.74) is 1.06. The minimum absolute atomic E-state index is 0.0803. The van der Waals surface area contributed by atoms with Crippen molar-refractivity contribution in [1.82, 2.24) is 0 Å². The Hall–Kier alpha value is -2.62. The first kappa shape index (κ1) is 23.7. The zero-order valence-electron chi connectivity index (χ0n) is 18.1. The molecule has 0 amide bonds. The normalized spacial score (nSPS) is 10.7. The quantitative estimate of drug-likeness (QED) is 0.203. The van der Waals surface area contributed by atoms with Crippen molar-refractivity contribution in [2.24, 2.45) is 0 Å². The van der Waals surface area contributed by atoms with E-state index in [1.165, 1.54) is 38.2 Å². The van der Waals surface area contributed by atoms with Gasteiger partial charge >= 0.3 is 0 Å². The maximum atomic E-state index is 12.7. The van der Waals surface area contributed by atoms with Crippen LogP contribution in [0.25, 0.3) is 0 Å². The number of carbonyl (C=O) groups is 2. The fourth-order valence-corrected chi connectivity index (χ4v) is 3.47. The van der Waals surface area contributed by atoms with Gasteiger partial charge in [0.05, 0.1) is 6.42 Å². The molecule has 0 aliphatic heterocycles. The van der Waals surface area contributed by atoms with Crippen LogP contribution in [0, 0.1) is 0 Å². The monoisotopic (exact) mass is 410 g/mol. The summed E-state index contributed by atoms with van der Waals surface area (Å²) in [5.74, 6) is -0.307. The average Bonchev–Trinajstić information content (AvgIpc) is 2.74. The minimum Gasteiger partial charge on any atom is -0.507 e. The van der Waals surface area contributed by atoms with E-state index in [9.17, 15) is 14.7 Å². The van der Waals surface area contributed by atoms with E-state index < -0.39 is 0 Å². The molecule has 2 aromatic rings. The molecule has 0 heterocycles. The SMILES string of the molecule is CCCCCCCCCCC(=O)CC(=O)c1c(O)cccc1OCc1ccccc1. The summed E-state index contributed by atoms with van der Waals surface area (Å²) >= 11 is 0. The lowest BCUT2D eigenvalue weighted by molar-refractivity contribution is -0.118. The van der Waals surface area contributed by atoms with Crippen LogP contribution in [0.4, 0.5) is 0 Å². The molecule has 0 saturated heterocycles. The summed E-state index contributed by atoms with van der Waals surface area (Å²) in [6.07, 6.45) is 9.51. The second-order valence-corrected chi connectivity index (χ2v) is 7.79. The van der Waals surface area contributed by atoms with Crippen LogP contribution in [0.15, 0.2) is 48.5 Å². The Bertz CT molecular complexity index is 783. The van der Waals surface area contributed by atoms with Gasteiger partial charge in [0.25, 0.3) is 0 Å². The van der Waals surface area contributed by atoms with E-state index in [0.29, 0.717) is 12.2 Å². The summed E-state index contributed by atoms with van der Waals surface area (Å²) in [4.78, 5) is 24.9. The van der Waals surface area contributed by atoms with Gasteiger partial charge < -0.3 is 9.84 Å². The van der Waals surface area contributed by atoms with Crippen LogP contribution < -0.4 is 4.74 Å². The molecule has 0 unspecified atom stereocenters. The first-order valence-electron chi connectivity index (χ1n) is 11.2. The van der Waals surface area contributed by atoms with Crippen molar-refractivity contribution in [3.63, 3.8) is 0 Å². The highest BCUT2D eigenvalue weighted by Crippen LogP contribution is 2.30. The van der Waals surface area contributed by atoms with Gasteiger partial charge in [0, 0.05) is 6.42 Å². The average molecular weight is 411 g/mol. The van der Waals surface area contributed by atoms with Crippen LogP contribution >= 0.6 is 0 Å². The second-order valence-electron chi connectivity index (χ2n) is 7.79. The largest absolute Gasteiger partial charge is 0.507 e. The fraction of sp³-hybridized carbons (Fsp3) is 0.462. The number of rotatable bonds is 15. The zero-order valence-corrected chi connectivity index (χ0v) is 18.1. The topological polar surface area (TPSA) is 63.6 Å². The van der Waals surface area contributed by atoms with E-state index >= 15 is 0 Å². The minimum atomic E-state index is -0.388. The number of Topliss-reactive ketones (excluding diaryl/α,β-unsaturated/α-hetero) is 2. The number of ketones is 2. The Kier molecular flexibility index (Phi) is 10.7. The van der Waals surface area contributed by atoms with Crippen LogP contribution in [-0.2, 0) is 11.4 Å². The van der Waals surface area contributed by atoms with E-state index in [1.54, 1.807) is 12.1 Å². The van der Waals surface area contributed by atoms with Gasteiger partial charge in [0.2, 0.25) is 0 Å². The molecule has 1 N–H and O–H groups in total. The number of hydrogen-bond acceptors (Lipinski definition) is 4. The van der Waals surface area contributed by atoms with Crippen molar-refractivity contribution in [3.05, 3.63) is 59.7 Å². The molecule has 0 atom stereocenters. The van der Waals surface area contributed by atoms with E-state index in [-0.39, 0.29) is 35.9 Å². The predicted molar refractivity (Wildman–Crippen MR) is 120 cm³/mol. The van der Waals surface area contributed by atoms with E-state index in [1.807, 2.05) is 30.3 Å². The molecule has 30 heavy (non-hydrogen) atoms. The summed E-state index contributed by atoms with van der Waals surface area (Å²) in [5, 5.41) is 10.2. The van der Waals surface area contributed by atoms with Crippen molar-refractivity contribution in [1.29, 1.82) is 0 Å². The molecular weight excluding hydrogens is 376 g/mol. The summed E-state index contributed by atoms with van der Waals surface area (Å²) < 4.78 is 5.77. The third kappa shape index (κ3) is 8.40. The van der Waals surface area contributed by atoms with E-state index in [0.717, 1.165) is 24.8 Å². The molecule has 4 heteroatoms. The third-order valence-electron chi connectivity index (χ3n) is 5.19. The van der Waals surface area contributed by atoms with Gasteiger partial charge in [-0.2, -0.15) is 0 Å². The van der Waals surface area contributed by atoms with Gasteiger partial charge in [-0.3, -0.25) is 9.59 Å². The Morgan fingerprint density at radius 1 is 0.833 bits per heavy atom. The zero-order chi connectivity index (χ0) is 21.6. The van der Waals surface area contributed by atoms with Crippen LogP contribution in [0.5, 0.6) is 11.5 Å². The van der Waals surface area contributed by atoms with Crippen molar-refractivity contribution < 1.29 is 19.4 Å². The van der Waals surface area contributed by atoms with Crippen molar-refractivity contribution in [2.45, 2.75) is 77.7 Å². The first-order valence-corrected chi connectivity index (χ1v) is 11.2. The molecule has 0 aromatic heterocycles. The van der Waals surface area contributed by atoms with Crippen molar-refractivity contribution in [2.75, 3.05) is 0 Å². The lowest BCUT2D eigenvalue weighted by Crippen LogP contribution is -2.10. The number of unbranched alkanes of at least 4 members (excludes halogenated alkanes) is 7. The first-order chi connectivity index (χ1) is 14.6. The Morgan fingerprint density at radius 2 is 1.50 bits per heavy atom. The third-order valence-corrected chi connectivity index (χ3v) is 5.19. The Labute approximate surface area is 180 Å². The van der Waals surface area contributed by atoms with Gasteiger partial charge in [0.15, 0.2) is 5.78 Å². The fourth-order valence-electron chi connectivity index (χ4n) is 3.47. The molecule has 0 aliphatic carbocycles. The van der Waals surface area contributed by atoms with Crippen LogP contribution in [0.1, 0.15) is 87.1 Å². The highest BCUT2D eigenvalue weighted by Gasteiger charge is 2.20.